The van der Waals surface area contributed by atoms with Crippen LogP contribution in [0, 0.1) is 5.41 Å². The van der Waals surface area contributed by atoms with Gasteiger partial charge in [-0.15, -0.1) is 0 Å². The molecule has 1 unspecified atom stereocenters. The molecular formula is C20H23N3O2. The van der Waals surface area contributed by atoms with Crippen molar-refractivity contribution in [3.63, 3.8) is 0 Å². The first-order chi connectivity index (χ1) is 12.2. The number of aromatic nitrogens is 1. The van der Waals surface area contributed by atoms with E-state index >= 15 is 0 Å². The van der Waals surface area contributed by atoms with E-state index in [0.717, 1.165) is 38.0 Å². The summed E-state index contributed by atoms with van der Waals surface area (Å²) in [6.45, 7) is 3.17. The SMILES string of the molecule is COc1ccc(CN2CCC3(Cc4ccccc4CNC3=O)C2)cn1. The van der Waals surface area contributed by atoms with Crippen LogP contribution < -0.4 is 10.1 Å². The summed E-state index contributed by atoms with van der Waals surface area (Å²) in [4.78, 5) is 19.5. The molecule has 1 amide bonds. The number of rotatable bonds is 3. The minimum Gasteiger partial charge on any atom is -0.481 e. The number of nitrogens with one attached hydrogen (secondary N) is 1. The quantitative estimate of drug-likeness (QED) is 0.932. The van der Waals surface area contributed by atoms with Crippen LogP contribution in [0.3, 0.4) is 0 Å². The Morgan fingerprint density at radius 2 is 2.08 bits per heavy atom. The van der Waals surface area contributed by atoms with Crippen LogP contribution in [0.5, 0.6) is 5.88 Å². The molecule has 2 aliphatic heterocycles. The van der Waals surface area contributed by atoms with E-state index in [0.29, 0.717) is 12.4 Å². The fourth-order valence-electron chi connectivity index (χ4n) is 4.02. The van der Waals surface area contributed by atoms with Gasteiger partial charge in [-0.1, -0.05) is 30.3 Å². The Balaban J connectivity index is 1.50. The Kier molecular flexibility index (Phi) is 4.17. The van der Waals surface area contributed by atoms with Gasteiger partial charge in [-0.3, -0.25) is 9.69 Å². The van der Waals surface area contributed by atoms with Gasteiger partial charge in [-0.2, -0.15) is 0 Å². The minimum atomic E-state index is -0.313. The van der Waals surface area contributed by atoms with Crippen molar-refractivity contribution in [2.75, 3.05) is 20.2 Å². The minimum absolute atomic E-state index is 0.194. The first-order valence-corrected chi connectivity index (χ1v) is 8.75. The molecule has 3 heterocycles. The maximum atomic E-state index is 12.8. The van der Waals surface area contributed by atoms with Crippen LogP contribution >= 0.6 is 0 Å². The molecule has 5 nitrogen and oxygen atoms in total. The Bertz CT molecular complexity index is 775. The van der Waals surface area contributed by atoms with Gasteiger partial charge in [0.15, 0.2) is 0 Å². The van der Waals surface area contributed by atoms with Crippen molar-refractivity contribution in [2.45, 2.75) is 25.9 Å². The maximum absolute atomic E-state index is 12.8. The van der Waals surface area contributed by atoms with Crippen molar-refractivity contribution in [3.8, 4) is 5.88 Å². The third-order valence-electron chi connectivity index (χ3n) is 5.41. The average molecular weight is 337 g/mol. The maximum Gasteiger partial charge on any atom is 0.228 e. The van der Waals surface area contributed by atoms with Gasteiger partial charge in [0.1, 0.15) is 0 Å². The number of pyridine rings is 1. The summed E-state index contributed by atoms with van der Waals surface area (Å²) in [5.41, 5.74) is 3.37. The molecular weight excluding hydrogens is 314 g/mol. The zero-order valence-corrected chi connectivity index (χ0v) is 14.5. The lowest BCUT2D eigenvalue weighted by Gasteiger charge is -2.26. The van der Waals surface area contributed by atoms with Crippen LogP contribution in [0.15, 0.2) is 42.6 Å². The highest BCUT2D eigenvalue weighted by molar-refractivity contribution is 5.84. The first-order valence-electron chi connectivity index (χ1n) is 8.75. The van der Waals surface area contributed by atoms with Gasteiger partial charge in [-0.05, 0) is 36.1 Å². The lowest BCUT2D eigenvalue weighted by molar-refractivity contribution is -0.130. The van der Waals surface area contributed by atoms with Crippen LogP contribution in [-0.4, -0.2) is 36.0 Å². The molecule has 1 fully saturated rings. The van der Waals surface area contributed by atoms with Gasteiger partial charge < -0.3 is 10.1 Å². The summed E-state index contributed by atoms with van der Waals surface area (Å²) in [6, 6.07) is 12.3. The number of fused-ring (bicyclic) bond motifs is 1. The highest BCUT2D eigenvalue weighted by Gasteiger charge is 2.45. The average Bonchev–Trinajstić information content (AvgIpc) is 2.99. The Morgan fingerprint density at radius 3 is 2.84 bits per heavy atom. The van der Waals surface area contributed by atoms with Crippen molar-refractivity contribution in [2.24, 2.45) is 5.41 Å². The monoisotopic (exact) mass is 337 g/mol. The second kappa shape index (κ2) is 6.48. The standard InChI is InChI=1S/C20H23N3O2/c1-25-18-7-6-15(11-21-18)13-23-9-8-20(14-23)10-16-4-2-3-5-17(16)12-22-19(20)24/h2-7,11H,8-10,12-14H2,1H3,(H,22,24). The van der Waals surface area contributed by atoms with E-state index in [1.165, 1.54) is 11.1 Å². The largest absolute Gasteiger partial charge is 0.481 e. The molecule has 2 aliphatic rings. The fraction of sp³-hybridized carbons (Fsp3) is 0.400. The third-order valence-corrected chi connectivity index (χ3v) is 5.41. The molecule has 1 aromatic carbocycles. The molecule has 0 aliphatic carbocycles. The predicted molar refractivity (Wildman–Crippen MR) is 95.1 cm³/mol. The molecule has 4 rings (SSSR count). The summed E-state index contributed by atoms with van der Waals surface area (Å²) in [7, 11) is 1.62. The number of hydrogen-bond acceptors (Lipinski definition) is 4. The highest BCUT2D eigenvalue weighted by Crippen LogP contribution is 2.37. The van der Waals surface area contributed by atoms with Crippen molar-refractivity contribution in [3.05, 3.63) is 59.3 Å². The van der Waals surface area contributed by atoms with E-state index in [4.69, 9.17) is 4.74 Å². The molecule has 1 atom stereocenters. The van der Waals surface area contributed by atoms with E-state index in [-0.39, 0.29) is 11.3 Å². The summed E-state index contributed by atoms with van der Waals surface area (Å²) in [6.07, 6.45) is 3.58. The van der Waals surface area contributed by atoms with Gasteiger partial charge in [0, 0.05) is 31.9 Å². The van der Waals surface area contributed by atoms with Crippen LogP contribution in [0.4, 0.5) is 0 Å². The molecule has 0 radical (unpaired) electrons. The topological polar surface area (TPSA) is 54.5 Å². The van der Waals surface area contributed by atoms with Crippen molar-refractivity contribution >= 4 is 5.91 Å². The Hall–Kier alpha value is -2.40. The number of carbonyl (C=O) groups excluding carboxylic acids is 1. The van der Waals surface area contributed by atoms with Crippen molar-refractivity contribution in [1.29, 1.82) is 0 Å². The molecule has 0 bridgehead atoms. The molecule has 5 heteroatoms. The van der Waals surface area contributed by atoms with E-state index in [1.807, 2.05) is 24.4 Å². The molecule has 1 spiro atoms. The molecule has 2 aromatic rings. The van der Waals surface area contributed by atoms with Gasteiger partial charge in [0.05, 0.1) is 12.5 Å². The van der Waals surface area contributed by atoms with Crippen molar-refractivity contribution in [1.82, 2.24) is 15.2 Å². The van der Waals surface area contributed by atoms with E-state index in [1.54, 1.807) is 7.11 Å². The summed E-state index contributed by atoms with van der Waals surface area (Å²) < 4.78 is 5.11. The molecule has 1 saturated heterocycles. The Labute approximate surface area is 148 Å². The van der Waals surface area contributed by atoms with Crippen LogP contribution in [0.2, 0.25) is 0 Å². The zero-order chi connectivity index (χ0) is 17.3. The lowest BCUT2D eigenvalue weighted by atomic mass is 9.80. The van der Waals surface area contributed by atoms with Crippen LogP contribution in [0.1, 0.15) is 23.1 Å². The highest BCUT2D eigenvalue weighted by atomic mass is 16.5. The lowest BCUT2D eigenvalue weighted by Crippen LogP contribution is -2.42. The predicted octanol–water partition coefficient (Wildman–Crippen LogP) is 2.15. The van der Waals surface area contributed by atoms with Gasteiger partial charge in [0.25, 0.3) is 0 Å². The number of methoxy groups -OCH3 is 1. The van der Waals surface area contributed by atoms with Gasteiger partial charge in [-0.25, -0.2) is 4.98 Å². The number of nitrogens with zero attached hydrogens (tertiary/aromatic N) is 2. The van der Waals surface area contributed by atoms with Crippen LogP contribution in [-0.2, 0) is 24.3 Å². The van der Waals surface area contributed by atoms with Crippen molar-refractivity contribution < 1.29 is 9.53 Å². The van der Waals surface area contributed by atoms with E-state index in [9.17, 15) is 4.79 Å². The molecule has 0 saturated carbocycles. The number of likely N-dealkylation sites (tertiary alicyclic amines) is 1. The molecule has 25 heavy (non-hydrogen) atoms. The summed E-state index contributed by atoms with van der Waals surface area (Å²) in [5.74, 6) is 0.820. The molecule has 1 aromatic heterocycles. The van der Waals surface area contributed by atoms with Gasteiger partial charge in [0.2, 0.25) is 11.8 Å². The number of benzene rings is 1. The van der Waals surface area contributed by atoms with E-state index < -0.39 is 0 Å². The van der Waals surface area contributed by atoms with Crippen LogP contribution in [0.25, 0.3) is 0 Å². The summed E-state index contributed by atoms with van der Waals surface area (Å²) >= 11 is 0. The fourth-order valence-corrected chi connectivity index (χ4v) is 4.02. The van der Waals surface area contributed by atoms with E-state index in [2.05, 4.69) is 33.4 Å². The number of ether oxygens (including phenoxy) is 1. The molecule has 1 N–H and O–H groups in total. The first kappa shape index (κ1) is 16.1. The number of hydrogen-bond donors (Lipinski definition) is 1. The summed E-state index contributed by atoms with van der Waals surface area (Å²) in [5, 5.41) is 3.14. The number of carbonyl (C=O) groups is 1. The smallest absolute Gasteiger partial charge is 0.228 e. The third kappa shape index (κ3) is 3.12. The zero-order valence-electron chi connectivity index (χ0n) is 14.5. The van der Waals surface area contributed by atoms with Gasteiger partial charge >= 0.3 is 0 Å². The second-order valence-corrected chi connectivity index (χ2v) is 7.08. The second-order valence-electron chi connectivity index (χ2n) is 7.08. The Morgan fingerprint density at radius 1 is 1.24 bits per heavy atom. The molecule has 130 valence electrons. The number of amides is 1. The normalized spacial score (nSPS) is 23.2.